The Morgan fingerprint density at radius 2 is 2.00 bits per heavy atom. The lowest BCUT2D eigenvalue weighted by Crippen LogP contribution is -2.07. The predicted molar refractivity (Wildman–Crippen MR) is 84.9 cm³/mol. The molecule has 0 aliphatic carbocycles. The van der Waals surface area contributed by atoms with Gasteiger partial charge < -0.3 is 14.4 Å². The summed E-state index contributed by atoms with van der Waals surface area (Å²) in [4.78, 5) is 9.16. The van der Waals surface area contributed by atoms with Crippen LogP contribution in [0.5, 0.6) is 5.75 Å². The number of ether oxygens (including phenoxy) is 1. The lowest BCUT2D eigenvalue weighted by Gasteiger charge is -2.08. The minimum atomic E-state index is 0.277. The Labute approximate surface area is 129 Å². The summed E-state index contributed by atoms with van der Waals surface area (Å²) < 4.78 is 7.30. The van der Waals surface area contributed by atoms with E-state index >= 15 is 0 Å². The molecule has 22 heavy (non-hydrogen) atoms. The Morgan fingerprint density at radius 1 is 1.18 bits per heavy atom. The highest BCUT2D eigenvalue weighted by Crippen LogP contribution is 2.18. The molecule has 0 aliphatic heterocycles. The van der Waals surface area contributed by atoms with Crippen molar-refractivity contribution in [1.82, 2.24) is 14.5 Å². The molecule has 5 heteroatoms. The molecule has 114 valence electrons. The summed E-state index contributed by atoms with van der Waals surface area (Å²) in [6.07, 6.45) is 3.42. The van der Waals surface area contributed by atoms with Crippen molar-refractivity contribution in [2.45, 2.75) is 19.4 Å². The van der Waals surface area contributed by atoms with Crippen molar-refractivity contribution in [1.29, 1.82) is 0 Å². The second-order valence-electron chi connectivity index (χ2n) is 5.22. The maximum atomic E-state index is 9.39. The van der Waals surface area contributed by atoms with Gasteiger partial charge in [-0.2, -0.15) is 0 Å². The van der Waals surface area contributed by atoms with Crippen molar-refractivity contribution in [3.63, 3.8) is 0 Å². The number of nitrogens with zero attached hydrogens (tertiary/aromatic N) is 3. The number of hydrogen-bond acceptors (Lipinski definition) is 4. The summed E-state index contributed by atoms with van der Waals surface area (Å²) >= 11 is 0. The summed E-state index contributed by atoms with van der Waals surface area (Å²) in [7, 11) is 1.71. The Kier molecular flexibility index (Phi) is 4.34. The highest BCUT2D eigenvalue weighted by Gasteiger charge is 2.11. The third-order valence-corrected chi connectivity index (χ3v) is 3.61. The summed E-state index contributed by atoms with van der Waals surface area (Å²) in [6, 6.07) is 11.1. The van der Waals surface area contributed by atoms with Gasteiger partial charge in [-0.05, 0) is 36.2 Å². The zero-order valence-electron chi connectivity index (χ0n) is 12.6. The molecule has 0 saturated carbocycles. The first-order valence-electron chi connectivity index (χ1n) is 7.35. The average Bonchev–Trinajstić information content (AvgIpc) is 2.88. The Hall–Kier alpha value is -2.40. The Balaban J connectivity index is 1.92. The maximum absolute atomic E-state index is 9.39. The van der Waals surface area contributed by atoms with Crippen LogP contribution in [-0.4, -0.2) is 33.4 Å². The van der Waals surface area contributed by atoms with Gasteiger partial charge >= 0.3 is 0 Å². The Bertz CT molecular complexity index is 750. The lowest BCUT2D eigenvalue weighted by atomic mass is 10.1. The van der Waals surface area contributed by atoms with Gasteiger partial charge in [0.25, 0.3) is 0 Å². The van der Waals surface area contributed by atoms with Gasteiger partial charge in [0.1, 0.15) is 17.1 Å². The van der Waals surface area contributed by atoms with Crippen LogP contribution in [0.1, 0.15) is 17.8 Å². The lowest BCUT2D eigenvalue weighted by molar-refractivity contribution is 0.190. The number of fused-ring (bicyclic) bond motifs is 1. The molecule has 0 saturated heterocycles. The quantitative estimate of drug-likeness (QED) is 0.711. The number of hydrogen-bond donors (Lipinski definition) is 1. The first kappa shape index (κ1) is 14.5. The fraction of sp³-hybridized carbons (Fsp3) is 0.294. The molecule has 2 heterocycles. The second kappa shape index (κ2) is 6.58. The van der Waals surface area contributed by atoms with Crippen LogP contribution in [-0.2, 0) is 17.7 Å². The van der Waals surface area contributed by atoms with Gasteiger partial charge in [0.05, 0.1) is 0 Å². The average molecular weight is 297 g/mol. The van der Waals surface area contributed by atoms with Crippen LogP contribution in [0.2, 0.25) is 0 Å². The van der Waals surface area contributed by atoms with Crippen molar-refractivity contribution in [3.05, 3.63) is 54.0 Å². The maximum Gasteiger partial charge on any atom is 0.159 e. The number of methoxy groups -OCH3 is 1. The molecule has 3 aromatic rings. The number of phenols is 1. The molecule has 5 nitrogen and oxygen atoms in total. The molecule has 0 spiro atoms. The van der Waals surface area contributed by atoms with Crippen molar-refractivity contribution < 1.29 is 9.84 Å². The summed E-state index contributed by atoms with van der Waals surface area (Å²) in [5.41, 5.74) is 2.93. The molecular weight excluding hydrogens is 278 g/mol. The zero-order chi connectivity index (χ0) is 15.4. The fourth-order valence-electron chi connectivity index (χ4n) is 2.54. The van der Waals surface area contributed by atoms with Gasteiger partial charge in [-0.1, -0.05) is 12.1 Å². The van der Waals surface area contributed by atoms with Gasteiger partial charge in [0.2, 0.25) is 0 Å². The van der Waals surface area contributed by atoms with Gasteiger partial charge in [-0.25, -0.2) is 9.97 Å². The van der Waals surface area contributed by atoms with E-state index in [1.165, 1.54) is 0 Å². The first-order chi connectivity index (χ1) is 10.8. The van der Waals surface area contributed by atoms with Gasteiger partial charge in [-0.15, -0.1) is 0 Å². The summed E-state index contributed by atoms with van der Waals surface area (Å²) in [6.45, 7) is 1.54. The van der Waals surface area contributed by atoms with Crippen LogP contribution in [0.3, 0.4) is 0 Å². The van der Waals surface area contributed by atoms with Crippen molar-refractivity contribution in [2.24, 2.45) is 0 Å². The predicted octanol–water partition coefficient (Wildman–Crippen LogP) is 2.76. The van der Waals surface area contributed by atoms with Crippen LogP contribution in [0.15, 0.2) is 42.6 Å². The molecular formula is C17H19N3O2. The topological polar surface area (TPSA) is 60.2 Å². The van der Waals surface area contributed by atoms with E-state index in [1.807, 2.05) is 24.3 Å². The van der Waals surface area contributed by atoms with E-state index in [0.717, 1.165) is 35.5 Å². The van der Waals surface area contributed by atoms with Crippen LogP contribution >= 0.6 is 0 Å². The van der Waals surface area contributed by atoms with E-state index in [4.69, 9.17) is 9.72 Å². The Morgan fingerprint density at radius 3 is 2.77 bits per heavy atom. The molecule has 0 atom stereocenters. The molecule has 2 aromatic heterocycles. The van der Waals surface area contributed by atoms with E-state index in [1.54, 1.807) is 25.4 Å². The number of aromatic hydroxyl groups is 1. The number of phenolic OH excluding ortho intramolecular Hbond substituents is 1. The number of rotatable bonds is 6. The molecule has 3 rings (SSSR count). The van der Waals surface area contributed by atoms with E-state index in [-0.39, 0.29) is 5.75 Å². The SMILES string of the molecule is COCCCn1c(Cc2ccc(O)cc2)nc2cccnc21. The van der Waals surface area contributed by atoms with Crippen LogP contribution in [0, 0.1) is 0 Å². The third kappa shape index (κ3) is 3.09. The van der Waals surface area contributed by atoms with E-state index in [9.17, 15) is 5.11 Å². The highest BCUT2D eigenvalue weighted by molar-refractivity contribution is 5.71. The number of aromatic nitrogens is 3. The molecule has 1 aromatic carbocycles. The number of aryl methyl sites for hydroxylation is 1. The summed E-state index contributed by atoms with van der Waals surface area (Å²) in [5, 5.41) is 9.39. The molecule has 0 unspecified atom stereocenters. The van der Waals surface area contributed by atoms with Gasteiger partial charge in [0, 0.05) is 32.9 Å². The van der Waals surface area contributed by atoms with Crippen LogP contribution in [0.25, 0.3) is 11.2 Å². The van der Waals surface area contributed by atoms with Crippen molar-refractivity contribution in [3.8, 4) is 5.75 Å². The first-order valence-corrected chi connectivity index (χ1v) is 7.35. The monoisotopic (exact) mass is 297 g/mol. The standard InChI is InChI=1S/C17H19N3O2/c1-22-11-3-10-20-16(12-13-5-7-14(21)8-6-13)19-15-4-2-9-18-17(15)20/h2,4-9,21H,3,10-12H2,1H3. The highest BCUT2D eigenvalue weighted by atomic mass is 16.5. The minimum absolute atomic E-state index is 0.277. The molecule has 0 radical (unpaired) electrons. The molecule has 0 aliphatic rings. The number of imidazole rings is 1. The van der Waals surface area contributed by atoms with Gasteiger partial charge in [-0.3, -0.25) is 0 Å². The van der Waals surface area contributed by atoms with Gasteiger partial charge in [0.15, 0.2) is 5.65 Å². The molecule has 0 fully saturated rings. The largest absolute Gasteiger partial charge is 0.508 e. The van der Waals surface area contributed by atoms with E-state index in [2.05, 4.69) is 9.55 Å². The van der Waals surface area contributed by atoms with E-state index < -0.39 is 0 Å². The molecule has 0 amide bonds. The van der Waals surface area contributed by atoms with Crippen molar-refractivity contribution >= 4 is 11.2 Å². The normalized spacial score (nSPS) is 11.1. The fourth-order valence-corrected chi connectivity index (χ4v) is 2.54. The van der Waals surface area contributed by atoms with Crippen LogP contribution < -0.4 is 0 Å². The second-order valence-corrected chi connectivity index (χ2v) is 5.22. The smallest absolute Gasteiger partial charge is 0.159 e. The molecule has 1 N–H and O–H groups in total. The zero-order valence-corrected chi connectivity index (χ0v) is 12.6. The van der Waals surface area contributed by atoms with E-state index in [0.29, 0.717) is 13.0 Å². The molecule has 0 bridgehead atoms. The number of benzene rings is 1. The summed E-state index contributed by atoms with van der Waals surface area (Å²) in [5.74, 6) is 1.26. The van der Waals surface area contributed by atoms with Crippen LogP contribution in [0.4, 0.5) is 0 Å². The third-order valence-electron chi connectivity index (χ3n) is 3.61. The van der Waals surface area contributed by atoms with Crippen molar-refractivity contribution in [2.75, 3.05) is 13.7 Å². The number of pyridine rings is 1. The minimum Gasteiger partial charge on any atom is -0.508 e.